The Hall–Kier alpha value is -4.48. The molecule has 0 saturated carbocycles. The van der Waals surface area contributed by atoms with Crippen molar-refractivity contribution in [1.29, 1.82) is 0 Å². The zero-order valence-electron chi connectivity index (χ0n) is 23.4. The average molecular weight is 757 g/mol. The van der Waals surface area contributed by atoms with Crippen molar-refractivity contribution in [2.75, 3.05) is 4.90 Å². The van der Waals surface area contributed by atoms with E-state index in [1.54, 1.807) is 29.2 Å². The van der Waals surface area contributed by atoms with Crippen LogP contribution in [0.3, 0.4) is 0 Å². The van der Waals surface area contributed by atoms with E-state index in [-0.39, 0.29) is 28.3 Å². The third-order valence-electron chi connectivity index (χ3n) is 6.67. The Morgan fingerprint density at radius 2 is 0.884 bits per heavy atom. The molecule has 2 nitrogen and oxygen atoms in total. The van der Waals surface area contributed by atoms with Crippen LogP contribution in [0.1, 0.15) is 15.9 Å². The van der Waals surface area contributed by atoms with Crippen molar-refractivity contribution in [3.63, 3.8) is 0 Å². The SMILES string of the molecule is [Au+].[C-]#Cc1cccc(C(=O)N(c2ccccc2)c2ccccc2)c1.c1ccc([PH+](c2ccccc2)c2ccccc2)cc1. The second-order valence-corrected chi connectivity index (χ2v) is 12.0. The zero-order valence-corrected chi connectivity index (χ0v) is 26.6. The van der Waals surface area contributed by atoms with E-state index in [1.165, 1.54) is 15.9 Å². The van der Waals surface area contributed by atoms with Gasteiger partial charge in [0.2, 0.25) is 0 Å². The molecule has 0 N–H and O–H groups in total. The molecule has 0 heterocycles. The summed E-state index contributed by atoms with van der Waals surface area (Å²) in [7, 11) is -0.877. The molecule has 4 heteroatoms. The Balaban J connectivity index is 0.000000195. The van der Waals surface area contributed by atoms with Gasteiger partial charge in [-0.15, -0.1) is 17.7 Å². The number of rotatable bonds is 6. The van der Waals surface area contributed by atoms with Gasteiger partial charge in [-0.2, -0.15) is 0 Å². The molecule has 0 saturated heterocycles. The Bertz CT molecular complexity index is 1610. The topological polar surface area (TPSA) is 20.3 Å². The molecule has 0 unspecified atom stereocenters. The maximum absolute atomic E-state index is 13.1. The van der Waals surface area contributed by atoms with Gasteiger partial charge < -0.3 is 6.42 Å². The third kappa shape index (κ3) is 8.30. The second kappa shape index (κ2) is 16.2. The summed E-state index contributed by atoms with van der Waals surface area (Å²) in [6.07, 6.45) is 7.24. The van der Waals surface area contributed by atoms with Gasteiger partial charge in [0.1, 0.15) is 15.9 Å². The number of para-hydroxylation sites is 2. The number of benzene rings is 6. The maximum Gasteiger partial charge on any atom is 1.00 e. The molecule has 6 rings (SSSR count). The van der Waals surface area contributed by atoms with Crippen LogP contribution in [0, 0.1) is 12.3 Å². The summed E-state index contributed by atoms with van der Waals surface area (Å²) in [4.78, 5) is 14.7. The molecule has 0 aliphatic heterocycles. The summed E-state index contributed by atoms with van der Waals surface area (Å²) in [6.45, 7) is 0. The second-order valence-electron chi connectivity index (χ2n) is 9.49. The Labute approximate surface area is 271 Å². The first kappa shape index (κ1) is 31.5. The van der Waals surface area contributed by atoms with E-state index in [1.807, 2.05) is 60.7 Å². The van der Waals surface area contributed by atoms with Crippen LogP contribution >= 0.6 is 7.92 Å². The first-order chi connectivity index (χ1) is 20.7. The summed E-state index contributed by atoms with van der Waals surface area (Å²) < 4.78 is 0. The predicted octanol–water partition coefficient (Wildman–Crippen LogP) is 7.78. The van der Waals surface area contributed by atoms with E-state index in [0.717, 1.165) is 11.4 Å². The van der Waals surface area contributed by atoms with Gasteiger partial charge in [-0.05, 0) is 60.7 Å². The number of hydrogen-bond acceptors (Lipinski definition) is 1. The van der Waals surface area contributed by atoms with Crippen molar-refractivity contribution in [2.24, 2.45) is 0 Å². The fourth-order valence-electron chi connectivity index (χ4n) is 4.71. The number of carbonyl (C=O) groups excluding carboxylic acids is 1. The first-order valence-electron chi connectivity index (χ1n) is 13.7. The number of amides is 1. The van der Waals surface area contributed by atoms with Crippen molar-refractivity contribution in [3.8, 4) is 5.92 Å². The molecule has 0 radical (unpaired) electrons. The molecular formula is C39H30AuNOP+. The first-order valence-corrected chi connectivity index (χ1v) is 15.2. The number of hydrogen-bond donors (Lipinski definition) is 0. The van der Waals surface area contributed by atoms with Crippen molar-refractivity contribution in [2.45, 2.75) is 0 Å². The molecule has 6 aromatic carbocycles. The Morgan fingerprint density at radius 3 is 1.26 bits per heavy atom. The number of nitrogens with zero attached hydrogens (tertiary/aromatic N) is 1. The predicted molar refractivity (Wildman–Crippen MR) is 179 cm³/mol. The van der Waals surface area contributed by atoms with E-state index >= 15 is 0 Å². The van der Waals surface area contributed by atoms with Gasteiger partial charge in [-0.25, -0.2) is 0 Å². The van der Waals surface area contributed by atoms with Gasteiger partial charge in [0.25, 0.3) is 5.91 Å². The fraction of sp³-hybridized carbons (Fsp3) is 0. The van der Waals surface area contributed by atoms with Crippen LogP contribution in [0.5, 0.6) is 0 Å². The molecule has 0 aromatic heterocycles. The van der Waals surface area contributed by atoms with Crippen LogP contribution in [-0.2, 0) is 22.4 Å². The average Bonchev–Trinajstić information content (AvgIpc) is 3.08. The number of carbonyl (C=O) groups is 1. The summed E-state index contributed by atoms with van der Waals surface area (Å²) in [6, 6.07) is 58.5. The Morgan fingerprint density at radius 1 is 0.512 bits per heavy atom. The standard InChI is InChI=1S/C21H14NO.C18H15P.Au/c1-2-17-10-9-11-18(16-17)21(23)22(19-12-5-3-6-13-19)20-14-7-4-8-15-20;1-4-10-16(11-5-1)19(17-12-6-2-7-13-17)18-14-8-3-9-15-18;/h3-16H;1-15H;/q-1;;+1/p+1. The molecule has 6 aromatic rings. The molecule has 0 aliphatic rings. The van der Waals surface area contributed by atoms with Gasteiger partial charge in [0, 0.05) is 16.9 Å². The minimum Gasteiger partial charge on any atom is -0.366 e. The summed E-state index contributed by atoms with van der Waals surface area (Å²) in [5.41, 5.74) is 2.70. The van der Waals surface area contributed by atoms with Gasteiger partial charge in [-0.3, -0.25) is 15.6 Å². The van der Waals surface area contributed by atoms with Crippen LogP contribution in [0.4, 0.5) is 11.4 Å². The third-order valence-corrected chi connectivity index (χ3v) is 9.41. The van der Waals surface area contributed by atoms with Gasteiger partial charge in [0.15, 0.2) is 0 Å². The quantitative estimate of drug-likeness (QED) is 0.0737. The van der Waals surface area contributed by atoms with Crippen LogP contribution in [0.15, 0.2) is 176 Å². The molecule has 0 aliphatic carbocycles. The van der Waals surface area contributed by atoms with Gasteiger partial charge >= 0.3 is 22.4 Å². The van der Waals surface area contributed by atoms with Crippen molar-refractivity contribution in [3.05, 3.63) is 193 Å². The minimum atomic E-state index is -0.877. The summed E-state index contributed by atoms with van der Waals surface area (Å²) in [5, 5.41) is 4.31. The van der Waals surface area contributed by atoms with Gasteiger partial charge in [0.05, 0.1) is 7.92 Å². The smallest absolute Gasteiger partial charge is 0.366 e. The Kier molecular flexibility index (Phi) is 11.9. The van der Waals surface area contributed by atoms with Crippen molar-refractivity contribution in [1.82, 2.24) is 0 Å². The molecule has 1 amide bonds. The fourth-order valence-corrected chi connectivity index (χ4v) is 7.29. The van der Waals surface area contributed by atoms with E-state index < -0.39 is 7.92 Å². The van der Waals surface area contributed by atoms with Crippen molar-refractivity contribution < 1.29 is 27.2 Å². The molecule has 0 atom stereocenters. The largest absolute Gasteiger partial charge is 1.00 e. The molecule has 212 valence electrons. The van der Waals surface area contributed by atoms with E-state index in [2.05, 4.69) is 96.9 Å². The molecule has 0 bridgehead atoms. The van der Waals surface area contributed by atoms with Crippen LogP contribution < -0.4 is 20.8 Å². The molecule has 0 fully saturated rings. The normalized spacial score (nSPS) is 9.95. The zero-order chi connectivity index (χ0) is 29.0. The van der Waals surface area contributed by atoms with Crippen molar-refractivity contribution >= 4 is 41.1 Å². The minimum absolute atomic E-state index is 0. The van der Waals surface area contributed by atoms with Gasteiger partial charge in [-0.1, -0.05) is 103 Å². The monoisotopic (exact) mass is 756 g/mol. The van der Waals surface area contributed by atoms with E-state index in [0.29, 0.717) is 11.1 Å². The van der Waals surface area contributed by atoms with Crippen LogP contribution in [0.2, 0.25) is 0 Å². The van der Waals surface area contributed by atoms with Crippen LogP contribution in [0.25, 0.3) is 0 Å². The van der Waals surface area contributed by atoms with Crippen LogP contribution in [-0.4, -0.2) is 5.91 Å². The molecule has 0 spiro atoms. The summed E-state index contributed by atoms with van der Waals surface area (Å²) in [5.74, 6) is 2.18. The molecular weight excluding hydrogens is 726 g/mol. The van der Waals surface area contributed by atoms with E-state index in [9.17, 15) is 4.79 Å². The number of anilines is 2. The van der Waals surface area contributed by atoms with E-state index in [4.69, 9.17) is 6.42 Å². The maximum atomic E-state index is 13.1. The summed E-state index contributed by atoms with van der Waals surface area (Å²) >= 11 is 0. The molecule has 43 heavy (non-hydrogen) atoms.